The van der Waals surface area contributed by atoms with E-state index >= 15 is 0 Å². The van der Waals surface area contributed by atoms with Gasteiger partial charge in [0, 0.05) is 41.9 Å². The Kier molecular flexibility index (Phi) is 21.9. The Balaban J connectivity index is 0.862. The molecular formula is C68H86Br2N2. The van der Waals surface area contributed by atoms with E-state index < -0.39 is 0 Å². The van der Waals surface area contributed by atoms with Crippen molar-refractivity contribution in [3.63, 3.8) is 0 Å². The van der Waals surface area contributed by atoms with Crippen LogP contribution >= 0.6 is 31.9 Å². The van der Waals surface area contributed by atoms with E-state index in [9.17, 15) is 0 Å². The first-order valence-electron chi connectivity index (χ1n) is 29.2. The number of unbranched alkanes of at least 4 members (excludes halogenated alkanes) is 26. The molecule has 0 bridgehead atoms. The fraction of sp³-hybridized carbons (Fsp3) is 0.471. The SMILES string of the molecule is CCCCCCCCCCCCCCCCc1ccc2c(c1)c1ccc(Br)cc1n2-c1ccc(-c2ccc(-n3c4ccc(CCCCCCCCCCCCCCCC)cc4c4ccc(Br)cc43)cc2)cc1. The van der Waals surface area contributed by atoms with Gasteiger partial charge in [-0.05, 0) is 121 Å². The van der Waals surface area contributed by atoms with Crippen LogP contribution in [0.5, 0.6) is 0 Å². The smallest absolute Gasteiger partial charge is 0.0552 e. The van der Waals surface area contributed by atoms with Gasteiger partial charge in [0.25, 0.3) is 0 Å². The van der Waals surface area contributed by atoms with Crippen LogP contribution in [0, 0.1) is 0 Å². The zero-order valence-corrected chi connectivity index (χ0v) is 47.6. The third-order valence-corrected chi connectivity index (χ3v) is 16.8. The first-order chi connectivity index (χ1) is 35.5. The molecule has 0 aliphatic rings. The fourth-order valence-corrected chi connectivity index (χ4v) is 12.3. The first-order valence-corrected chi connectivity index (χ1v) is 30.8. The number of hydrogen-bond donors (Lipinski definition) is 0. The molecule has 2 aromatic heterocycles. The van der Waals surface area contributed by atoms with Gasteiger partial charge in [0.05, 0.1) is 22.1 Å². The van der Waals surface area contributed by atoms with Gasteiger partial charge < -0.3 is 9.13 Å². The van der Waals surface area contributed by atoms with Crippen molar-refractivity contribution in [2.75, 3.05) is 0 Å². The Hall–Kier alpha value is -4.12. The Morgan fingerprint density at radius 3 is 0.903 bits per heavy atom. The van der Waals surface area contributed by atoms with Crippen molar-refractivity contribution >= 4 is 75.5 Å². The molecule has 4 heteroatoms. The van der Waals surface area contributed by atoms with Crippen LogP contribution in [0.25, 0.3) is 66.1 Å². The van der Waals surface area contributed by atoms with Crippen LogP contribution in [0.3, 0.4) is 0 Å². The molecule has 0 atom stereocenters. The minimum Gasteiger partial charge on any atom is -0.309 e. The van der Waals surface area contributed by atoms with E-state index in [1.165, 1.54) is 257 Å². The maximum atomic E-state index is 3.80. The summed E-state index contributed by atoms with van der Waals surface area (Å²) >= 11 is 7.61. The second kappa shape index (κ2) is 29.1. The lowest BCUT2D eigenvalue weighted by atomic mass is 10.0. The van der Waals surface area contributed by atoms with E-state index in [-0.39, 0.29) is 0 Å². The van der Waals surface area contributed by atoms with Crippen LogP contribution in [0.1, 0.15) is 205 Å². The third kappa shape index (κ3) is 15.0. The molecule has 0 radical (unpaired) electrons. The number of aryl methyl sites for hydroxylation is 2. The zero-order chi connectivity index (χ0) is 49.7. The Morgan fingerprint density at radius 2 is 0.583 bits per heavy atom. The average molecular weight is 1090 g/mol. The van der Waals surface area contributed by atoms with Gasteiger partial charge in [-0.2, -0.15) is 0 Å². The summed E-state index contributed by atoms with van der Waals surface area (Å²) in [7, 11) is 0. The molecule has 0 N–H and O–H groups in total. The van der Waals surface area contributed by atoms with Gasteiger partial charge in [-0.1, -0.05) is 261 Å². The molecule has 0 saturated heterocycles. The van der Waals surface area contributed by atoms with Gasteiger partial charge >= 0.3 is 0 Å². The van der Waals surface area contributed by atoms with Crippen LogP contribution in [-0.4, -0.2) is 9.13 Å². The molecule has 0 spiro atoms. The average Bonchev–Trinajstić information content (AvgIpc) is 3.89. The minimum atomic E-state index is 1.11. The summed E-state index contributed by atoms with van der Waals surface area (Å²) in [5.74, 6) is 0. The summed E-state index contributed by atoms with van der Waals surface area (Å²) in [6.45, 7) is 4.61. The predicted molar refractivity (Wildman–Crippen MR) is 324 cm³/mol. The minimum absolute atomic E-state index is 1.11. The number of halogens is 2. The van der Waals surface area contributed by atoms with Gasteiger partial charge in [0.15, 0.2) is 0 Å². The maximum absolute atomic E-state index is 3.80. The van der Waals surface area contributed by atoms with Crippen molar-refractivity contribution in [1.82, 2.24) is 9.13 Å². The molecular weight excluding hydrogens is 1000 g/mol. The predicted octanol–water partition coefficient (Wildman–Crippen LogP) is 23.1. The Bertz CT molecular complexity index is 2660. The van der Waals surface area contributed by atoms with Gasteiger partial charge in [0.2, 0.25) is 0 Å². The van der Waals surface area contributed by atoms with Crippen LogP contribution in [0.2, 0.25) is 0 Å². The number of benzene rings is 6. The number of nitrogens with zero attached hydrogens (tertiary/aromatic N) is 2. The molecule has 6 aromatic carbocycles. The van der Waals surface area contributed by atoms with Gasteiger partial charge in [0.1, 0.15) is 0 Å². The summed E-state index contributed by atoms with van der Waals surface area (Å²) in [5.41, 5.74) is 12.7. The summed E-state index contributed by atoms with van der Waals surface area (Å²) < 4.78 is 7.11. The second-order valence-corrected chi connectivity index (χ2v) is 23.3. The van der Waals surface area contributed by atoms with Gasteiger partial charge in [-0.25, -0.2) is 0 Å². The molecule has 2 nitrogen and oxygen atoms in total. The number of hydrogen-bond acceptors (Lipinski definition) is 0. The van der Waals surface area contributed by atoms with Crippen LogP contribution in [0.4, 0.5) is 0 Å². The van der Waals surface area contributed by atoms with Crippen LogP contribution < -0.4 is 0 Å². The monoisotopic (exact) mass is 1090 g/mol. The molecule has 8 rings (SSSR count). The van der Waals surface area contributed by atoms with E-state index in [2.05, 4.69) is 176 Å². The largest absolute Gasteiger partial charge is 0.309 e. The lowest BCUT2D eigenvalue weighted by Gasteiger charge is -2.12. The van der Waals surface area contributed by atoms with Crippen molar-refractivity contribution in [2.24, 2.45) is 0 Å². The molecule has 0 fully saturated rings. The van der Waals surface area contributed by atoms with E-state index in [1.807, 2.05) is 0 Å². The molecule has 0 amide bonds. The van der Waals surface area contributed by atoms with Crippen LogP contribution in [0.15, 0.2) is 130 Å². The van der Waals surface area contributed by atoms with Crippen molar-refractivity contribution < 1.29 is 0 Å². The quantitative estimate of drug-likeness (QED) is 0.0363. The highest BCUT2D eigenvalue weighted by molar-refractivity contribution is 9.10. The lowest BCUT2D eigenvalue weighted by Crippen LogP contribution is -1.95. The van der Waals surface area contributed by atoms with Crippen molar-refractivity contribution in [2.45, 2.75) is 206 Å². The summed E-state index contributed by atoms with van der Waals surface area (Å²) in [6, 6.07) is 46.3. The highest BCUT2D eigenvalue weighted by Crippen LogP contribution is 2.38. The second-order valence-electron chi connectivity index (χ2n) is 21.5. The number of aromatic nitrogens is 2. The van der Waals surface area contributed by atoms with Crippen molar-refractivity contribution in [3.8, 4) is 22.5 Å². The first kappa shape index (κ1) is 54.2. The van der Waals surface area contributed by atoms with Gasteiger partial charge in [-0.15, -0.1) is 0 Å². The molecule has 0 saturated carbocycles. The highest BCUT2D eigenvalue weighted by Gasteiger charge is 2.16. The van der Waals surface area contributed by atoms with E-state index in [0.717, 1.165) is 21.8 Å². The molecule has 0 unspecified atom stereocenters. The highest BCUT2D eigenvalue weighted by atomic mass is 79.9. The standard InChI is InChI=1S/C68H86Br2N2/c1-3-5-7-9-11-13-15-17-19-21-23-25-27-29-31-53-33-47-65-63(49-53)61-45-39-57(69)51-67(61)71(65)59-41-35-55(36-42-59)56-37-43-60(44-38-56)72-66-48-34-54(50-64(66)62-46-40-58(70)52-68(62)72)32-30-28-26-24-22-20-18-16-14-12-10-8-6-4-2/h33-52H,3-32H2,1-2H3. The molecule has 0 aliphatic heterocycles. The summed E-state index contributed by atoms with van der Waals surface area (Å²) in [5, 5.41) is 5.32. The van der Waals surface area contributed by atoms with Gasteiger partial charge in [-0.3, -0.25) is 0 Å². The van der Waals surface area contributed by atoms with Crippen LogP contribution in [-0.2, 0) is 12.8 Å². The third-order valence-electron chi connectivity index (χ3n) is 15.8. The summed E-state index contributed by atoms with van der Waals surface area (Å²) in [4.78, 5) is 0. The molecule has 2 heterocycles. The number of fused-ring (bicyclic) bond motifs is 6. The summed E-state index contributed by atoms with van der Waals surface area (Å²) in [6.07, 6.45) is 41.5. The van der Waals surface area contributed by atoms with E-state index in [0.29, 0.717) is 0 Å². The van der Waals surface area contributed by atoms with Crippen molar-refractivity contribution in [3.05, 3.63) is 141 Å². The molecule has 382 valence electrons. The fourth-order valence-electron chi connectivity index (χ4n) is 11.6. The molecule has 0 aliphatic carbocycles. The Morgan fingerprint density at radius 1 is 0.278 bits per heavy atom. The molecule has 72 heavy (non-hydrogen) atoms. The van der Waals surface area contributed by atoms with E-state index in [4.69, 9.17) is 0 Å². The van der Waals surface area contributed by atoms with E-state index in [1.54, 1.807) is 0 Å². The molecule has 8 aromatic rings. The normalized spacial score (nSPS) is 11.9. The maximum Gasteiger partial charge on any atom is 0.0552 e. The number of rotatable bonds is 33. The Labute approximate surface area is 452 Å². The van der Waals surface area contributed by atoms with Crippen molar-refractivity contribution in [1.29, 1.82) is 0 Å². The topological polar surface area (TPSA) is 9.86 Å². The lowest BCUT2D eigenvalue weighted by molar-refractivity contribution is 0.535. The zero-order valence-electron chi connectivity index (χ0n) is 44.4.